The van der Waals surface area contributed by atoms with Crippen molar-refractivity contribution in [3.05, 3.63) is 93.5 Å². The highest BCUT2D eigenvalue weighted by Crippen LogP contribution is 2.33. The van der Waals surface area contributed by atoms with Crippen LogP contribution in [0.1, 0.15) is 33.9 Å². The molecule has 1 unspecified atom stereocenters. The molecular weight excluding hydrogens is 382 g/mol. The average molecular weight is 406 g/mol. The van der Waals surface area contributed by atoms with Gasteiger partial charge in [-0.05, 0) is 67.9 Å². The molecule has 1 atom stereocenters. The quantitative estimate of drug-likeness (QED) is 0.546. The molecular formula is C25H24ClNO2. The van der Waals surface area contributed by atoms with Gasteiger partial charge < -0.3 is 15.2 Å². The third-order valence-electron chi connectivity index (χ3n) is 4.79. The van der Waals surface area contributed by atoms with E-state index in [1.165, 1.54) is 0 Å². The summed E-state index contributed by atoms with van der Waals surface area (Å²) >= 11 is 6.21. The third kappa shape index (κ3) is 5.19. The van der Waals surface area contributed by atoms with Gasteiger partial charge in [0.15, 0.2) is 0 Å². The second kappa shape index (κ2) is 9.62. The summed E-state index contributed by atoms with van der Waals surface area (Å²) in [5.74, 6) is 7.33. The van der Waals surface area contributed by atoms with E-state index in [4.69, 9.17) is 16.3 Å². The summed E-state index contributed by atoms with van der Waals surface area (Å²) in [6, 6.07) is 19.0. The van der Waals surface area contributed by atoms with Crippen LogP contribution in [0.4, 0.5) is 0 Å². The van der Waals surface area contributed by atoms with Crippen molar-refractivity contribution in [3.8, 4) is 23.3 Å². The number of benzene rings is 3. The lowest BCUT2D eigenvalue weighted by Crippen LogP contribution is -2.07. The monoisotopic (exact) mass is 405 g/mol. The maximum Gasteiger partial charge on any atom is 0.140 e. The lowest BCUT2D eigenvalue weighted by Gasteiger charge is -2.16. The van der Waals surface area contributed by atoms with E-state index in [1.807, 2.05) is 81.6 Å². The molecule has 0 aliphatic rings. The highest BCUT2D eigenvalue weighted by atomic mass is 35.5. The van der Waals surface area contributed by atoms with E-state index < -0.39 is 6.10 Å². The van der Waals surface area contributed by atoms with Crippen LogP contribution in [0.2, 0.25) is 5.02 Å². The molecule has 3 aromatic rings. The number of aliphatic hydroxyl groups excluding tert-OH is 1. The van der Waals surface area contributed by atoms with Gasteiger partial charge in [0.1, 0.15) is 17.6 Å². The molecule has 2 N–H and O–H groups in total. The molecule has 0 saturated heterocycles. The summed E-state index contributed by atoms with van der Waals surface area (Å²) in [4.78, 5) is 0. The first-order valence-corrected chi connectivity index (χ1v) is 9.83. The Morgan fingerprint density at radius 2 is 1.76 bits per heavy atom. The topological polar surface area (TPSA) is 41.5 Å². The first-order chi connectivity index (χ1) is 14.0. The van der Waals surface area contributed by atoms with Crippen LogP contribution < -0.4 is 10.1 Å². The van der Waals surface area contributed by atoms with E-state index in [0.717, 1.165) is 28.0 Å². The van der Waals surface area contributed by atoms with E-state index >= 15 is 0 Å². The highest BCUT2D eigenvalue weighted by molar-refractivity contribution is 6.31. The number of aliphatic hydroxyl groups is 1. The summed E-state index contributed by atoms with van der Waals surface area (Å²) in [7, 11) is 1.88. The molecule has 3 rings (SSSR count). The van der Waals surface area contributed by atoms with Crippen molar-refractivity contribution in [3.63, 3.8) is 0 Å². The molecule has 0 aliphatic heterocycles. The smallest absolute Gasteiger partial charge is 0.140 e. The third-order valence-corrected chi connectivity index (χ3v) is 5.20. The number of halogens is 1. The molecule has 0 fully saturated rings. The van der Waals surface area contributed by atoms with E-state index in [0.29, 0.717) is 22.9 Å². The first kappa shape index (κ1) is 21.0. The van der Waals surface area contributed by atoms with Crippen LogP contribution in [0.5, 0.6) is 11.5 Å². The Balaban J connectivity index is 1.92. The molecule has 0 radical (unpaired) electrons. The molecule has 0 aromatic heterocycles. The van der Waals surface area contributed by atoms with Crippen molar-refractivity contribution >= 4 is 11.6 Å². The Morgan fingerprint density at radius 1 is 1.00 bits per heavy atom. The molecule has 0 amide bonds. The fraction of sp³-hybridized carbons (Fsp3) is 0.200. The van der Waals surface area contributed by atoms with E-state index in [-0.39, 0.29) is 0 Å². The van der Waals surface area contributed by atoms with Gasteiger partial charge in [-0.25, -0.2) is 0 Å². The normalized spacial score (nSPS) is 11.5. The van der Waals surface area contributed by atoms with Crippen LogP contribution in [-0.4, -0.2) is 12.2 Å². The lowest BCUT2D eigenvalue weighted by molar-refractivity contribution is 0.238. The SMILES string of the molecule is CNCc1ccc(C(O)C#Cc2ccccc2)cc1Oc1ccc(Cl)c(C)c1C. The maximum atomic E-state index is 10.6. The largest absolute Gasteiger partial charge is 0.457 e. The molecule has 0 bridgehead atoms. The Morgan fingerprint density at radius 3 is 2.48 bits per heavy atom. The van der Waals surface area contributed by atoms with Crippen molar-refractivity contribution < 1.29 is 9.84 Å². The number of rotatable bonds is 5. The van der Waals surface area contributed by atoms with Gasteiger partial charge in [0.25, 0.3) is 0 Å². The predicted molar refractivity (Wildman–Crippen MR) is 118 cm³/mol. The molecule has 0 heterocycles. The fourth-order valence-corrected chi connectivity index (χ4v) is 3.13. The van der Waals surface area contributed by atoms with Crippen LogP contribution in [0.15, 0.2) is 60.7 Å². The van der Waals surface area contributed by atoms with Crippen LogP contribution in [-0.2, 0) is 6.54 Å². The van der Waals surface area contributed by atoms with Gasteiger partial charge in [0.05, 0.1) is 0 Å². The Kier molecular flexibility index (Phi) is 6.95. The summed E-state index contributed by atoms with van der Waals surface area (Å²) in [5.41, 5.74) is 4.52. The minimum atomic E-state index is -0.908. The zero-order chi connectivity index (χ0) is 20.8. The van der Waals surface area contributed by atoms with Crippen molar-refractivity contribution in [1.29, 1.82) is 0 Å². The van der Waals surface area contributed by atoms with Gasteiger partial charge >= 0.3 is 0 Å². The average Bonchev–Trinajstić information content (AvgIpc) is 2.74. The first-order valence-electron chi connectivity index (χ1n) is 9.45. The predicted octanol–water partition coefficient (Wildman–Crippen LogP) is 5.55. The van der Waals surface area contributed by atoms with Gasteiger partial charge in [-0.2, -0.15) is 0 Å². The van der Waals surface area contributed by atoms with Crippen molar-refractivity contribution in [2.45, 2.75) is 26.5 Å². The minimum absolute atomic E-state index is 0.646. The van der Waals surface area contributed by atoms with E-state index in [2.05, 4.69) is 17.2 Å². The highest BCUT2D eigenvalue weighted by Gasteiger charge is 2.13. The summed E-state index contributed by atoms with van der Waals surface area (Å²) < 4.78 is 6.22. The van der Waals surface area contributed by atoms with Crippen LogP contribution in [0.25, 0.3) is 0 Å². The van der Waals surface area contributed by atoms with Crippen molar-refractivity contribution in [2.24, 2.45) is 0 Å². The summed E-state index contributed by atoms with van der Waals surface area (Å²) in [6.45, 7) is 4.60. The van der Waals surface area contributed by atoms with E-state index in [1.54, 1.807) is 0 Å². The van der Waals surface area contributed by atoms with Gasteiger partial charge in [-0.15, -0.1) is 0 Å². The van der Waals surface area contributed by atoms with Crippen LogP contribution >= 0.6 is 11.6 Å². The number of ether oxygens (including phenoxy) is 1. The Hall–Kier alpha value is -2.77. The number of nitrogens with one attached hydrogen (secondary N) is 1. The molecule has 29 heavy (non-hydrogen) atoms. The number of hydrogen-bond donors (Lipinski definition) is 2. The van der Waals surface area contributed by atoms with E-state index in [9.17, 15) is 5.11 Å². The van der Waals surface area contributed by atoms with Gasteiger partial charge in [-0.1, -0.05) is 53.8 Å². The zero-order valence-corrected chi connectivity index (χ0v) is 17.5. The zero-order valence-electron chi connectivity index (χ0n) is 16.8. The molecule has 0 spiro atoms. The van der Waals surface area contributed by atoms with Gasteiger partial charge in [-0.3, -0.25) is 0 Å². The number of hydrogen-bond acceptors (Lipinski definition) is 3. The molecule has 0 aliphatic carbocycles. The molecule has 3 nitrogen and oxygen atoms in total. The fourth-order valence-electron chi connectivity index (χ4n) is 2.92. The molecule has 148 valence electrons. The Labute approximate surface area is 177 Å². The van der Waals surface area contributed by atoms with Crippen molar-refractivity contribution in [1.82, 2.24) is 5.32 Å². The van der Waals surface area contributed by atoms with Crippen molar-refractivity contribution in [2.75, 3.05) is 7.05 Å². The summed E-state index contributed by atoms with van der Waals surface area (Å²) in [6.07, 6.45) is -0.908. The van der Waals surface area contributed by atoms with Gasteiger partial charge in [0, 0.05) is 22.7 Å². The second-order valence-electron chi connectivity index (χ2n) is 6.83. The second-order valence-corrected chi connectivity index (χ2v) is 7.24. The molecule has 0 saturated carbocycles. The Bertz CT molecular complexity index is 1050. The lowest BCUT2D eigenvalue weighted by atomic mass is 10.0. The standard InChI is InChI=1S/C25H24ClNO2/c1-17-18(2)24(14-12-22(17)26)29-25-15-20(10-11-21(25)16-27-3)23(28)13-9-19-7-5-4-6-8-19/h4-8,10-12,14-15,23,27-28H,16H2,1-3H3. The minimum Gasteiger partial charge on any atom is -0.457 e. The summed E-state index contributed by atoms with van der Waals surface area (Å²) in [5, 5.41) is 14.4. The molecule has 4 heteroatoms. The van der Waals surface area contributed by atoms with Crippen LogP contribution in [0, 0.1) is 25.7 Å². The maximum absolute atomic E-state index is 10.6. The van der Waals surface area contributed by atoms with Gasteiger partial charge in [0.2, 0.25) is 0 Å². The van der Waals surface area contributed by atoms with Crippen LogP contribution in [0.3, 0.4) is 0 Å². The molecule has 3 aromatic carbocycles.